The van der Waals surface area contributed by atoms with E-state index in [2.05, 4.69) is 5.32 Å². The Balaban J connectivity index is 2.00. The molecule has 0 saturated heterocycles. The third-order valence-corrected chi connectivity index (χ3v) is 4.28. The number of rotatable bonds is 10. The molecule has 0 radical (unpaired) electrons. The predicted molar refractivity (Wildman–Crippen MR) is 89.1 cm³/mol. The molecule has 0 heterocycles. The lowest BCUT2D eigenvalue weighted by Crippen LogP contribution is -2.27. The lowest BCUT2D eigenvalue weighted by Gasteiger charge is -2.18. The van der Waals surface area contributed by atoms with E-state index < -0.39 is 0 Å². The summed E-state index contributed by atoms with van der Waals surface area (Å²) in [4.78, 5) is 12.2. The number of carbonyl (C=O) groups is 1. The largest absolute Gasteiger partial charge is 0.493 e. The van der Waals surface area contributed by atoms with E-state index in [1.54, 1.807) is 21.3 Å². The first-order valence-corrected chi connectivity index (χ1v) is 8.17. The number of carbonyl (C=O) groups excluding carboxylic acids is 1. The van der Waals surface area contributed by atoms with E-state index in [9.17, 15) is 4.79 Å². The molecule has 23 heavy (non-hydrogen) atoms. The number of hydrogen-bond donors (Lipinski definition) is 1. The molecule has 1 aliphatic carbocycles. The van der Waals surface area contributed by atoms with Crippen LogP contribution in [0.5, 0.6) is 11.5 Å². The van der Waals surface area contributed by atoms with Crippen molar-refractivity contribution >= 4 is 5.91 Å². The Morgan fingerprint density at radius 2 is 1.96 bits per heavy atom. The Bertz CT molecular complexity index is 514. The Labute approximate surface area is 138 Å². The van der Waals surface area contributed by atoms with Crippen molar-refractivity contribution in [2.75, 3.05) is 34.5 Å². The summed E-state index contributed by atoms with van der Waals surface area (Å²) in [6.07, 6.45) is 3.74. The molecule has 0 spiro atoms. The van der Waals surface area contributed by atoms with Crippen molar-refractivity contribution < 1.29 is 19.0 Å². The molecule has 1 aromatic rings. The molecule has 1 fully saturated rings. The lowest BCUT2D eigenvalue weighted by molar-refractivity contribution is -0.121. The number of amides is 1. The molecular formula is C18H27NO4. The van der Waals surface area contributed by atoms with Gasteiger partial charge in [0.15, 0.2) is 11.5 Å². The van der Waals surface area contributed by atoms with E-state index in [1.807, 2.05) is 18.2 Å². The summed E-state index contributed by atoms with van der Waals surface area (Å²) >= 11 is 0. The topological polar surface area (TPSA) is 56.8 Å². The minimum atomic E-state index is 0.104. The fourth-order valence-electron chi connectivity index (χ4n) is 2.85. The van der Waals surface area contributed by atoms with Gasteiger partial charge in [-0.3, -0.25) is 4.79 Å². The summed E-state index contributed by atoms with van der Waals surface area (Å²) in [6.45, 7) is 1.33. The highest BCUT2D eigenvalue weighted by molar-refractivity contribution is 5.77. The van der Waals surface area contributed by atoms with Gasteiger partial charge in [-0.25, -0.2) is 0 Å². The Hall–Kier alpha value is -1.75. The second-order valence-electron chi connectivity index (χ2n) is 5.96. The van der Waals surface area contributed by atoms with Crippen LogP contribution in [0.1, 0.15) is 37.2 Å². The average molecular weight is 321 g/mol. The van der Waals surface area contributed by atoms with Crippen LogP contribution in [0.25, 0.3) is 0 Å². The zero-order chi connectivity index (χ0) is 16.7. The molecule has 1 N–H and O–H groups in total. The molecule has 1 aliphatic rings. The van der Waals surface area contributed by atoms with Gasteiger partial charge in [-0.05, 0) is 48.8 Å². The molecule has 0 aliphatic heterocycles. The Kier molecular flexibility index (Phi) is 6.71. The van der Waals surface area contributed by atoms with Crippen molar-refractivity contribution in [1.29, 1.82) is 0 Å². The maximum Gasteiger partial charge on any atom is 0.220 e. The second-order valence-corrected chi connectivity index (χ2v) is 5.96. The molecule has 2 rings (SSSR count). The number of benzene rings is 1. The molecule has 1 amide bonds. The standard InChI is InChI=1S/C18H27NO4/c1-21-10-4-9-19-18(20)12-15(13-5-6-13)14-7-8-16(22-2)17(11-14)23-3/h7-8,11,13,15H,4-6,9-10,12H2,1-3H3,(H,19,20). The number of nitrogens with one attached hydrogen (secondary N) is 1. The normalized spacial score (nSPS) is 15.1. The second kappa shape index (κ2) is 8.77. The monoisotopic (exact) mass is 321 g/mol. The fraction of sp³-hybridized carbons (Fsp3) is 0.611. The van der Waals surface area contributed by atoms with Gasteiger partial charge in [0.25, 0.3) is 0 Å². The molecule has 1 aromatic carbocycles. The van der Waals surface area contributed by atoms with E-state index >= 15 is 0 Å². The van der Waals surface area contributed by atoms with E-state index in [0.717, 1.165) is 23.5 Å². The van der Waals surface area contributed by atoms with Gasteiger partial charge in [-0.2, -0.15) is 0 Å². The zero-order valence-electron chi connectivity index (χ0n) is 14.3. The maximum absolute atomic E-state index is 12.2. The minimum absolute atomic E-state index is 0.104. The van der Waals surface area contributed by atoms with Crippen molar-refractivity contribution in [2.45, 2.75) is 31.6 Å². The summed E-state index contributed by atoms with van der Waals surface area (Å²) in [5.41, 5.74) is 1.15. The first-order chi connectivity index (χ1) is 11.2. The van der Waals surface area contributed by atoms with Crippen LogP contribution in [0.3, 0.4) is 0 Å². The third-order valence-electron chi connectivity index (χ3n) is 4.28. The van der Waals surface area contributed by atoms with Gasteiger partial charge in [0.2, 0.25) is 5.91 Å². The van der Waals surface area contributed by atoms with E-state index in [0.29, 0.717) is 25.5 Å². The van der Waals surface area contributed by atoms with Gasteiger partial charge in [0.05, 0.1) is 14.2 Å². The first kappa shape index (κ1) is 17.6. The molecule has 128 valence electrons. The molecule has 0 bridgehead atoms. The SMILES string of the molecule is COCCCNC(=O)CC(c1ccc(OC)c(OC)c1)C1CC1. The van der Waals surface area contributed by atoms with Gasteiger partial charge < -0.3 is 19.5 Å². The van der Waals surface area contributed by atoms with E-state index in [1.165, 1.54) is 12.8 Å². The Morgan fingerprint density at radius 3 is 2.57 bits per heavy atom. The quantitative estimate of drug-likeness (QED) is 0.673. The van der Waals surface area contributed by atoms with E-state index in [4.69, 9.17) is 14.2 Å². The molecule has 0 aromatic heterocycles. The molecule has 1 atom stereocenters. The fourth-order valence-corrected chi connectivity index (χ4v) is 2.85. The van der Waals surface area contributed by atoms with Crippen LogP contribution in [0.4, 0.5) is 0 Å². The van der Waals surface area contributed by atoms with Crippen molar-refractivity contribution in [3.63, 3.8) is 0 Å². The van der Waals surface area contributed by atoms with Crippen molar-refractivity contribution in [1.82, 2.24) is 5.32 Å². The van der Waals surface area contributed by atoms with Gasteiger partial charge >= 0.3 is 0 Å². The molecule has 5 heteroatoms. The molecular weight excluding hydrogens is 294 g/mol. The highest BCUT2D eigenvalue weighted by atomic mass is 16.5. The van der Waals surface area contributed by atoms with Gasteiger partial charge in [-0.1, -0.05) is 6.07 Å². The third kappa shape index (κ3) is 5.13. The predicted octanol–water partition coefficient (Wildman–Crippen LogP) is 2.74. The van der Waals surface area contributed by atoms with Gasteiger partial charge in [0.1, 0.15) is 0 Å². The van der Waals surface area contributed by atoms with E-state index in [-0.39, 0.29) is 11.8 Å². The van der Waals surface area contributed by atoms with Gasteiger partial charge in [0, 0.05) is 26.7 Å². The summed E-state index contributed by atoms with van der Waals surface area (Å²) in [6, 6.07) is 5.96. The van der Waals surface area contributed by atoms with Crippen molar-refractivity contribution in [3.05, 3.63) is 23.8 Å². The van der Waals surface area contributed by atoms with Crippen LogP contribution in [-0.2, 0) is 9.53 Å². The Morgan fingerprint density at radius 1 is 1.22 bits per heavy atom. The number of ether oxygens (including phenoxy) is 3. The summed E-state index contributed by atoms with van der Waals surface area (Å²) in [5, 5.41) is 2.98. The number of hydrogen-bond acceptors (Lipinski definition) is 4. The van der Waals surface area contributed by atoms with Crippen LogP contribution >= 0.6 is 0 Å². The molecule has 1 unspecified atom stereocenters. The highest BCUT2D eigenvalue weighted by Crippen LogP contribution is 2.46. The van der Waals surface area contributed by atoms with Gasteiger partial charge in [-0.15, -0.1) is 0 Å². The van der Waals surface area contributed by atoms with Crippen molar-refractivity contribution in [3.8, 4) is 11.5 Å². The smallest absolute Gasteiger partial charge is 0.220 e. The first-order valence-electron chi connectivity index (χ1n) is 8.17. The summed E-state index contributed by atoms with van der Waals surface area (Å²) in [5.74, 6) is 2.38. The highest BCUT2D eigenvalue weighted by Gasteiger charge is 2.34. The van der Waals surface area contributed by atoms with Crippen LogP contribution in [0.15, 0.2) is 18.2 Å². The minimum Gasteiger partial charge on any atom is -0.493 e. The van der Waals surface area contributed by atoms with Crippen LogP contribution < -0.4 is 14.8 Å². The molecule has 5 nitrogen and oxygen atoms in total. The lowest BCUT2D eigenvalue weighted by atomic mass is 9.90. The van der Waals surface area contributed by atoms with Crippen LogP contribution in [-0.4, -0.2) is 40.4 Å². The number of methoxy groups -OCH3 is 3. The molecule has 1 saturated carbocycles. The summed E-state index contributed by atoms with van der Waals surface area (Å²) < 4.78 is 15.7. The zero-order valence-corrected chi connectivity index (χ0v) is 14.3. The van der Waals surface area contributed by atoms with Crippen molar-refractivity contribution in [2.24, 2.45) is 5.92 Å². The maximum atomic E-state index is 12.2. The average Bonchev–Trinajstić information content (AvgIpc) is 3.41. The summed E-state index contributed by atoms with van der Waals surface area (Å²) in [7, 11) is 4.93. The van der Waals surface area contributed by atoms with Crippen LogP contribution in [0.2, 0.25) is 0 Å². The van der Waals surface area contributed by atoms with Crippen LogP contribution in [0, 0.1) is 5.92 Å².